The third kappa shape index (κ3) is 3.03. The number of H-pyrrole nitrogens is 1. The lowest BCUT2D eigenvalue weighted by Crippen LogP contribution is -2.50. The van der Waals surface area contributed by atoms with Crippen molar-refractivity contribution in [3.8, 4) is 5.69 Å². The number of carbonyl (C=O) groups excluding carboxylic acids is 1. The van der Waals surface area contributed by atoms with Crippen LogP contribution in [0, 0.1) is 6.92 Å². The van der Waals surface area contributed by atoms with Gasteiger partial charge in [0.15, 0.2) is 5.82 Å². The summed E-state index contributed by atoms with van der Waals surface area (Å²) in [5.41, 5.74) is 1.32. The maximum absolute atomic E-state index is 12.2. The van der Waals surface area contributed by atoms with Crippen LogP contribution in [0.4, 0.5) is 10.5 Å². The summed E-state index contributed by atoms with van der Waals surface area (Å²) in [6.07, 6.45) is 1.65. The smallest absolute Gasteiger partial charge is 0.321 e. The molecule has 0 aliphatic carbocycles. The summed E-state index contributed by atoms with van der Waals surface area (Å²) in [5, 5.41) is 9.26. The highest BCUT2D eigenvalue weighted by molar-refractivity contribution is 5.90. The van der Waals surface area contributed by atoms with Crippen molar-refractivity contribution >= 4 is 11.7 Å². The fourth-order valence-electron chi connectivity index (χ4n) is 2.67. The number of rotatable bonds is 3. The number of aromatic nitrogens is 4. The highest BCUT2D eigenvalue weighted by atomic mass is 16.5. The van der Waals surface area contributed by atoms with Crippen LogP contribution in [0.15, 0.2) is 45.8 Å². The molecule has 2 N–H and O–H groups in total. The van der Waals surface area contributed by atoms with Gasteiger partial charge in [0, 0.05) is 31.0 Å². The number of nitrogens with one attached hydrogen (secondary N) is 2. The normalized spacial score (nSPS) is 14.4. The minimum absolute atomic E-state index is 0.0971. The predicted octanol–water partition coefficient (Wildman–Crippen LogP) is 1.49. The van der Waals surface area contributed by atoms with Crippen molar-refractivity contribution in [1.29, 1.82) is 0 Å². The minimum atomic E-state index is -0.172. The summed E-state index contributed by atoms with van der Waals surface area (Å²) >= 11 is 0. The van der Waals surface area contributed by atoms with Crippen molar-refractivity contribution in [3.63, 3.8) is 0 Å². The van der Waals surface area contributed by atoms with Gasteiger partial charge in [0.1, 0.15) is 0 Å². The molecule has 0 saturated carbocycles. The van der Waals surface area contributed by atoms with Gasteiger partial charge in [-0.1, -0.05) is 5.16 Å². The molecule has 2 aromatic heterocycles. The van der Waals surface area contributed by atoms with Crippen LogP contribution in [0.1, 0.15) is 17.6 Å². The van der Waals surface area contributed by atoms with Crippen molar-refractivity contribution < 1.29 is 9.32 Å². The van der Waals surface area contributed by atoms with Gasteiger partial charge in [-0.2, -0.15) is 4.98 Å². The van der Waals surface area contributed by atoms with E-state index in [0.717, 1.165) is 5.69 Å². The summed E-state index contributed by atoms with van der Waals surface area (Å²) in [7, 11) is 0. The fourth-order valence-corrected chi connectivity index (χ4v) is 2.67. The van der Waals surface area contributed by atoms with E-state index in [-0.39, 0.29) is 17.5 Å². The van der Waals surface area contributed by atoms with E-state index in [2.05, 4.69) is 20.6 Å². The summed E-state index contributed by atoms with van der Waals surface area (Å²) in [6.45, 7) is 2.87. The highest BCUT2D eigenvalue weighted by Crippen LogP contribution is 2.26. The second-order valence-electron chi connectivity index (χ2n) is 5.92. The van der Waals surface area contributed by atoms with Gasteiger partial charge in [-0.25, -0.2) is 4.79 Å². The van der Waals surface area contributed by atoms with Crippen LogP contribution in [-0.2, 0) is 0 Å². The lowest BCUT2D eigenvalue weighted by molar-refractivity contribution is 0.147. The van der Waals surface area contributed by atoms with E-state index in [1.165, 1.54) is 6.07 Å². The molecular weight excluding hydrogens is 324 g/mol. The standard InChI is InChI=1S/C16H16N6O3/c1-10-17-15(25-20-10)11-8-21(9-11)16(24)18-12-2-4-13(5-3-12)22-7-6-14(23)19-22/h2-7,11H,8-9H2,1H3,(H,18,24)(H,19,23). The van der Waals surface area contributed by atoms with E-state index in [1.807, 2.05) is 12.1 Å². The first-order valence-corrected chi connectivity index (χ1v) is 7.83. The van der Waals surface area contributed by atoms with Crippen molar-refractivity contribution in [2.45, 2.75) is 12.8 Å². The fraction of sp³-hybridized carbons (Fsp3) is 0.250. The lowest BCUT2D eigenvalue weighted by atomic mass is 10.0. The Bertz CT molecular complexity index is 949. The van der Waals surface area contributed by atoms with Gasteiger partial charge in [-0.05, 0) is 31.2 Å². The number of likely N-dealkylation sites (tertiary alicyclic amines) is 1. The highest BCUT2D eigenvalue weighted by Gasteiger charge is 2.35. The van der Waals surface area contributed by atoms with Crippen LogP contribution in [0.3, 0.4) is 0 Å². The Morgan fingerprint density at radius 3 is 2.64 bits per heavy atom. The number of benzene rings is 1. The number of carbonyl (C=O) groups is 1. The molecular formula is C16H16N6O3. The number of hydrogen-bond acceptors (Lipinski definition) is 5. The molecule has 0 spiro atoms. The Hall–Kier alpha value is -3.36. The van der Waals surface area contributed by atoms with Crippen LogP contribution in [0.5, 0.6) is 0 Å². The lowest BCUT2D eigenvalue weighted by Gasteiger charge is -2.36. The van der Waals surface area contributed by atoms with Gasteiger partial charge < -0.3 is 14.7 Å². The van der Waals surface area contributed by atoms with Gasteiger partial charge in [0.25, 0.3) is 5.56 Å². The second-order valence-corrected chi connectivity index (χ2v) is 5.92. The van der Waals surface area contributed by atoms with E-state index < -0.39 is 0 Å². The van der Waals surface area contributed by atoms with Gasteiger partial charge in [0.05, 0.1) is 11.6 Å². The average Bonchev–Trinajstić information content (AvgIpc) is 3.15. The van der Waals surface area contributed by atoms with Crippen molar-refractivity contribution in [2.75, 3.05) is 18.4 Å². The number of anilines is 1. The van der Waals surface area contributed by atoms with Crippen molar-refractivity contribution in [1.82, 2.24) is 24.8 Å². The molecule has 0 radical (unpaired) electrons. The van der Waals surface area contributed by atoms with E-state index in [1.54, 1.807) is 34.8 Å². The Labute approximate surface area is 142 Å². The molecule has 0 unspecified atom stereocenters. The Balaban J connectivity index is 1.35. The van der Waals surface area contributed by atoms with Crippen LogP contribution in [-0.4, -0.2) is 43.9 Å². The molecule has 2 amide bonds. The molecule has 9 nitrogen and oxygen atoms in total. The molecule has 25 heavy (non-hydrogen) atoms. The van der Waals surface area contributed by atoms with Crippen molar-refractivity contribution in [2.24, 2.45) is 0 Å². The molecule has 0 bridgehead atoms. The van der Waals surface area contributed by atoms with Crippen LogP contribution in [0.25, 0.3) is 5.69 Å². The summed E-state index contributed by atoms with van der Waals surface area (Å²) < 4.78 is 6.74. The number of aryl methyl sites for hydroxylation is 1. The predicted molar refractivity (Wildman–Crippen MR) is 88.8 cm³/mol. The molecule has 1 aromatic carbocycles. The quantitative estimate of drug-likeness (QED) is 0.751. The SMILES string of the molecule is Cc1noc(C2CN(C(=O)Nc3ccc(-n4ccc(=O)[nH]4)cc3)C2)n1. The Morgan fingerprint density at radius 2 is 2.04 bits per heavy atom. The number of nitrogens with zero attached hydrogens (tertiary/aromatic N) is 4. The first kappa shape index (κ1) is 15.2. The number of aromatic amines is 1. The van der Waals surface area contributed by atoms with E-state index in [9.17, 15) is 9.59 Å². The number of urea groups is 1. The monoisotopic (exact) mass is 340 g/mol. The molecule has 3 heterocycles. The average molecular weight is 340 g/mol. The van der Waals surface area contributed by atoms with Gasteiger partial charge in [0.2, 0.25) is 5.89 Å². The molecule has 1 aliphatic rings. The Morgan fingerprint density at radius 1 is 1.28 bits per heavy atom. The zero-order valence-corrected chi connectivity index (χ0v) is 13.5. The summed E-state index contributed by atoms with van der Waals surface area (Å²) in [6, 6.07) is 8.46. The summed E-state index contributed by atoms with van der Waals surface area (Å²) in [4.78, 5) is 29.3. The molecule has 4 rings (SSSR count). The third-order valence-electron chi connectivity index (χ3n) is 4.06. The molecule has 128 valence electrons. The molecule has 0 atom stereocenters. The third-order valence-corrected chi connectivity index (χ3v) is 4.06. The molecule has 1 saturated heterocycles. The van der Waals surface area contributed by atoms with Gasteiger partial charge in [-0.3, -0.25) is 14.6 Å². The van der Waals surface area contributed by atoms with Crippen molar-refractivity contribution in [3.05, 3.63) is 58.6 Å². The molecule has 1 fully saturated rings. The maximum Gasteiger partial charge on any atom is 0.321 e. The Kier molecular flexibility index (Phi) is 3.60. The van der Waals surface area contributed by atoms with E-state index in [4.69, 9.17) is 4.52 Å². The number of amides is 2. The minimum Gasteiger partial charge on any atom is -0.339 e. The first-order valence-electron chi connectivity index (χ1n) is 7.83. The zero-order chi connectivity index (χ0) is 17.4. The van der Waals surface area contributed by atoms with E-state index in [0.29, 0.717) is 30.5 Å². The molecule has 9 heteroatoms. The van der Waals surface area contributed by atoms with Gasteiger partial charge >= 0.3 is 6.03 Å². The summed E-state index contributed by atoms with van der Waals surface area (Å²) in [5.74, 6) is 1.27. The van der Waals surface area contributed by atoms with Gasteiger partial charge in [-0.15, -0.1) is 0 Å². The van der Waals surface area contributed by atoms with Crippen LogP contribution in [0.2, 0.25) is 0 Å². The van der Waals surface area contributed by atoms with E-state index >= 15 is 0 Å². The van der Waals surface area contributed by atoms with Crippen LogP contribution >= 0.6 is 0 Å². The van der Waals surface area contributed by atoms with Crippen LogP contribution < -0.4 is 10.9 Å². The largest absolute Gasteiger partial charge is 0.339 e. The number of hydrogen-bond donors (Lipinski definition) is 2. The first-order chi connectivity index (χ1) is 12.1. The maximum atomic E-state index is 12.2. The zero-order valence-electron chi connectivity index (χ0n) is 13.5. The molecule has 3 aromatic rings. The topological polar surface area (TPSA) is 109 Å². The molecule has 1 aliphatic heterocycles. The second kappa shape index (κ2) is 5.93.